The van der Waals surface area contributed by atoms with Gasteiger partial charge < -0.3 is 15.4 Å². The van der Waals surface area contributed by atoms with Crippen LogP contribution in [-0.4, -0.2) is 26.8 Å². The quantitative estimate of drug-likeness (QED) is 0.856. The Balaban J connectivity index is 1.76. The summed E-state index contributed by atoms with van der Waals surface area (Å²) in [6.45, 7) is 0.947. The van der Waals surface area contributed by atoms with Crippen molar-refractivity contribution in [2.24, 2.45) is 5.73 Å². The first-order valence-electron chi connectivity index (χ1n) is 7.31. The summed E-state index contributed by atoms with van der Waals surface area (Å²) in [5.41, 5.74) is 8.70. The molecule has 0 aromatic heterocycles. The van der Waals surface area contributed by atoms with Crippen LogP contribution in [0.1, 0.15) is 43.7 Å². The lowest BCUT2D eigenvalue weighted by Crippen LogP contribution is -2.13. The van der Waals surface area contributed by atoms with Gasteiger partial charge in [-0.15, -0.1) is 0 Å². The number of nitrogens with two attached hydrogens (primary N) is 1. The van der Waals surface area contributed by atoms with Gasteiger partial charge in [0.05, 0.1) is 6.10 Å². The second kappa shape index (κ2) is 6.92. The van der Waals surface area contributed by atoms with Gasteiger partial charge in [-0.1, -0.05) is 12.1 Å². The molecule has 1 aromatic rings. The number of hydrogen-bond donors (Lipinski definition) is 1. The smallest absolute Gasteiger partial charge is 0.0576 e. The van der Waals surface area contributed by atoms with Gasteiger partial charge in [-0.2, -0.15) is 0 Å². The van der Waals surface area contributed by atoms with Gasteiger partial charge in [0, 0.05) is 32.4 Å². The van der Waals surface area contributed by atoms with Gasteiger partial charge in [0.15, 0.2) is 0 Å². The topological polar surface area (TPSA) is 38.5 Å². The largest absolute Gasteiger partial charge is 0.378 e. The molecule has 0 radical (unpaired) electrons. The summed E-state index contributed by atoms with van der Waals surface area (Å²) in [6.07, 6.45) is 6.30. The molecule has 0 amide bonds. The summed E-state index contributed by atoms with van der Waals surface area (Å²) in [6, 6.07) is 8.71. The number of nitrogens with zero attached hydrogens (tertiary/aromatic N) is 1. The van der Waals surface area contributed by atoms with Crippen LogP contribution in [0.3, 0.4) is 0 Å². The van der Waals surface area contributed by atoms with E-state index in [1.807, 2.05) is 0 Å². The summed E-state index contributed by atoms with van der Waals surface area (Å²) in [4.78, 5) is 2.10. The zero-order valence-corrected chi connectivity index (χ0v) is 12.1. The molecule has 3 heteroatoms. The molecule has 1 aliphatic rings. The first-order valence-corrected chi connectivity index (χ1v) is 7.31. The maximum atomic E-state index is 6.25. The van der Waals surface area contributed by atoms with Crippen molar-refractivity contribution >= 4 is 5.69 Å². The van der Waals surface area contributed by atoms with Crippen molar-refractivity contribution in [2.45, 2.75) is 44.2 Å². The lowest BCUT2D eigenvalue weighted by Gasteiger charge is -2.16. The molecule has 1 saturated heterocycles. The van der Waals surface area contributed by atoms with E-state index in [1.165, 1.54) is 24.1 Å². The molecule has 1 aromatic carbocycles. The molecule has 0 spiro atoms. The minimum absolute atomic E-state index is 0.151. The minimum atomic E-state index is 0.151. The van der Waals surface area contributed by atoms with Crippen LogP contribution in [0.5, 0.6) is 0 Å². The first-order chi connectivity index (χ1) is 9.16. The molecule has 3 nitrogen and oxygen atoms in total. The third-order valence-corrected chi connectivity index (χ3v) is 3.90. The fraction of sp³-hybridized carbons (Fsp3) is 0.625. The van der Waals surface area contributed by atoms with Gasteiger partial charge in [0.25, 0.3) is 0 Å². The Morgan fingerprint density at radius 3 is 2.63 bits per heavy atom. The SMILES string of the molecule is CN(C)c1ccc(C(N)CCCC2CCCO2)cc1. The molecule has 2 N–H and O–H groups in total. The van der Waals surface area contributed by atoms with Gasteiger partial charge in [0.2, 0.25) is 0 Å². The Morgan fingerprint density at radius 1 is 1.32 bits per heavy atom. The Bertz CT molecular complexity index is 369. The number of rotatable bonds is 6. The number of anilines is 1. The van der Waals surface area contributed by atoms with Gasteiger partial charge in [0.1, 0.15) is 0 Å². The average Bonchev–Trinajstić information content (AvgIpc) is 2.92. The number of benzene rings is 1. The molecule has 0 bridgehead atoms. The normalized spacial score (nSPS) is 20.5. The summed E-state index contributed by atoms with van der Waals surface area (Å²) >= 11 is 0. The zero-order valence-electron chi connectivity index (χ0n) is 12.1. The Hall–Kier alpha value is -1.06. The lowest BCUT2D eigenvalue weighted by atomic mass is 10.00. The van der Waals surface area contributed by atoms with Gasteiger partial charge in [-0.05, 0) is 49.8 Å². The van der Waals surface area contributed by atoms with Crippen LogP contribution in [0.15, 0.2) is 24.3 Å². The van der Waals surface area contributed by atoms with E-state index in [4.69, 9.17) is 10.5 Å². The van der Waals surface area contributed by atoms with Crippen molar-refractivity contribution in [3.8, 4) is 0 Å². The third kappa shape index (κ3) is 4.22. The van der Waals surface area contributed by atoms with Crippen LogP contribution >= 0.6 is 0 Å². The van der Waals surface area contributed by atoms with Crippen LogP contribution in [0.2, 0.25) is 0 Å². The molecule has 2 atom stereocenters. The molecular formula is C16H26N2O. The van der Waals surface area contributed by atoms with Crippen molar-refractivity contribution < 1.29 is 4.74 Å². The van der Waals surface area contributed by atoms with Gasteiger partial charge >= 0.3 is 0 Å². The van der Waals surface area contributed by atoms with E-state index < -0.39 is 0 Å². The highest BCUT2D eigenvalue weighted by atomic mass is 16.5. The zero-order chi connectivity index (χ0) is 13.7. The van der Waals surface area contributed by atoms with Crippen molar-refractivity contribution in [1.29, 1.82) is 0 Å². The number of ether oxygens (including phenoxy) is 1. The van der Waals surface area contributed by atoms with E-state index in [-0.39, 0.29) is 6.04 Å². The third-order valence-electron chi connectivity index (χ3n) is 3.90. The van der Waals surface area contributed by atoms with Crippen molar-refractivity contribution in [3.05, 3.63) is 29.8 Å². The monoisotopic (exact) mass is 262 g/mol. The highest BCUT2D eigenvalue weighted by Gasteiger charge is 2.15. The van der Waals surface area contributed by atoms with Gasteiger partial charge in [-0.25, -0.2) is 0 Å². The first kappa shape index (κ1) is 14.4. The standard InChI is InChI=1S/C16H26N2O/c1-18(2)14-10-8-13(9-11-14)16(17)7-3-5-15-6-4-12-19-15/h8-11,15-16H,3-7,12,17H2,1-2H3. The maximum absolute atomic E-state index is 6.25. The predicted molar refractivity (Wildman–Crippen MR) is 80.5 cm³/mol. The van der Waals surface area contributed by atoms with E-state index >= 15 is 0 Å². The van der Waals surface area contributed by atoms with Crippen LogP contribution in [0.25, 0.3) is 0 Å². The summed E-state index contributed by atoms with van der Waals surface area (Å²) in [5.74, 6) is 0. The molecule has 106 valence electrons. The summed E-state index contributed by atoms with van der Waals surface area (Å²) in [5, 5.41) is 0. The fourth-order valence-corrected chi connectivity index (χ4v) is 2.62. The Labute approximate surface area is 116 Å². The summed E-state index contributed by atoms with van der Waals surface area (Å²) < 4.78 is 5.64. The van der Waals surface area contributed by atoms with E-state index in [1.54, 1.807) is 0 Å². The second-order valence-corrected chi connectivity index (χ2v) is 5.66. The molecule has 1 heterocycles. The van der Waals surface area contributed by atoms with E-state index in [9.17, 15) is 0 Å². The Kier molecular flexibility index (Phi) is 5.23. The predicted octanol–water partition coefficient (Wildman–Crippen LogP) is 3.10. The molecule has 19 heavy (non-hydrogen) atoms. The van der Waals surface area contributed by atoms with Crippen LogP contribution in [0, 0.1) is 0 Å². The molecule has 2 rings (SSSR count). The Morgan fingerprint density at radius 2 is 2.05 bits per heavy atom. The van der Waals surface area contributed by atoms with E-state index in [2.05, 4.69) is 43.3 Å². The highest BCUT2D eigenvalue weighted by Crippen LogP contribution is 2.23. The molecular weight excluding hydrogens is 236 g/mol. The molecule has 1 fully saturated rings. The van der Waals surface area contributed by atoms with Crippen molar-refractivity contribution in [3.63, 3.8) is 0 Å². The fourth-order valence-electron chi connectivity index (χ4n) is 2.62. The van der Waals surface area contributed by atoms with Crippen molar-refractivity contribution in [2.75, 3.05) is 25.6 Å². The van der Waals surface area contributed by atoms with E-state index in [0.717, 1.165) is 25.9 Å². The molecule has 1 aliphatic heterocycles. The van der Waals surface area contributed by atoms with E-state index in [0.29, 0.717) is 6.10 Å². The van der Waals surface area contributed by atoms with Crippen LogP contribution < -0.4 is 10.6 Å². The minimum Gasteiger partial charge on any atom is -0.378 e. The molecule has 2 unspecified atom stereocenters. The van der Waals surface area contributed by atoms with Crippen molar-refractivity contribution in [1.82, 2.24) is 0 Å². The van der Waals surface area contributed by atoms with Gasteiger partial charge in [-0.3, -0.25) is 0 Å². The maximum Gasteiger partial charge on any atom is 0.0576 e. The number of hydrogen-bond acceptors (Lipinski definition) is 3. The highest BCUT2D eigenvalue weighted by molar-refractivity contribution is 5.46. The summed E-state index contributed by atoms with van der Waals surface area (Å²) in [7, 11) is 4.10. The molecule has 0 aliphatic carbocycles. The second-order valence-electron chi connectivity index (χ2n) is 5.66. The molecule has 0 saturated carbocycles. The average molecular weight is 262 g/mol. The van der Waals surface area contributed by atoms with Crippen LogP contribution in [-0.2, 0) is 4.74 Å². The van der Waals surface area contributed by atoms with Crippen LogP contribution in [0.4, 0.5) is 5.69 Å². The lowest BCUT2D eigenvalue weighted by molar-refractivity contribution is 0.101.